The molecule has 0 unspecified atom stereocenters. The van der Waals surface area contributed by atoms with Crippen molar-refractivity contribution in [2.45, 2.75) is 4.90 Å². The van der Waals surface area contributed by atoms with Gasteiger partial charge in [0.1, 0.15) is 16.3 Å². The number of benzene rings is 1. The van der Waals surface area contributed by atoms with Crippen LogP contribution in [0.3, 0.4) is 0 Å². The predicted octanol–water partition coefficient (Wildman–Crippen LogP) is 0.913. The Kier molecular flexibility index (Phi) is 3.48. The van der Waals surface area contributed by atoms with E-state index in [1.807, 2.05) is 0 Å². The van der Waals surface area contributed by atoms with E-state index in [0.29, 0.717) is 16.4 Å². The average Bonchev–Trinajstić information content (AvgIpc) is 2.16. The number of nitrogens with zero attached hydrogens (tertiary/aromatic N) is 1. The molecule has 0 saturated heterocycles. The molecule has 17 heavy (non-hydrogen) atoms. The van der Waals surface area contributed by atoms with Crippen molar-refractivity contribution in [1.82, 2.24) is 4.31 Å². The van der Waals surface area contributed by atoms with Gasteiger partial charge in [0.15, 0.2) is 5.82 Å². The fourth-order valence-electron chi connectivity index (χ4n) is 1.13. The Labute approximate surface area is 96.3 Å². The SMILES string of the molecule is CN(C)S(=O)(=O)c1ccc(F)c(C(=O)O)c1F. The largest absolute Gasteiger partial charge is 0.477 e. The summed E-state index contributed by atoms with van der Waals surface area (Å²) >= 11 is 0. The Morgan fingerprint density at radius 3 is 2.24 bits per heavy atom. The van der Waals surface area contributed by atoms with Crippen LogP contribution in [0.1, 0.15) is 10.4 Å². The van der Waals surface area contributed by atoms with E-state index in [4.69, 9.17) is 5.11 Å². The summed E-state index contributed by atoms with van der Waals surface area (Å²) in [4.78, 5) is 9.73. The fourth-order valence-corrected chi connectivity index (χ4v) is 2.09. The first-order chi connectivity index (χ1) is 7.69. The maximum Gasteiger partial charge on any atom is 0.341 e. The number of carbonyl (C=O) groups is 1. The van der Waals surface area contributed by atoms with Crippen LogP contribution < -0.4 is 0 Å². The average molecular weight is 265 g/mol. The van der Waals surface area contributed by atoms with Crippen molar-refractivity contribution in [3.8, 4) is 0 Å². The lowest BCUT2D eigenvalue weighted by molar-refractivity contribution is 0.0685. The van der Waals surface area contributed by atoms with Crippen LogP contribution in [0, 0.1) is 11.6 Å². The molecule has 0 heterocycles. The van der Waals surface area contributed by atoms with Crippen LogP contribution in [0.15, 0.2) is 17.0 Å². The van der Waals surface area contributed by atoms with Crippen LogP contribution in [0.4, 0.5) is 8.78 Å². The van der Waals surface area contributed by atoms with E-state index in [9.17, 15) is 22.0 Å². The summed E-state index contributed by atoms with van der Waals surface area (Å²) < 4.78 is 50.6. The van der Waals surface area contributed by atoms with Crippen LogP contribution in [0.2, 0.25) is 0 Å². The maximum absolute atomic E-state index is 13.6. The lowest BCUT2D eigenvalue weighted by atomic mass is 10.2. The number of sulfonamides is 1. The molecule has 0 fully saturated rings. The minimum atomic E-state index is -4.15. The first-order valence-corrected chi connectivity index (χ1v) is 5.77. The normalized spacial score (nSPS) is 11.8. The zero-order valence-electron chi connectivity index (χ0n) is 8.94. The van der Waals surface area contributed by atoms with Gasteiger partial charge in [-0.15, -0.1) is 0 Å². The second kappa shape index (κ2) is 4.38. The van der Waals surface area contributed by atoms with Crippen molar-refractivity contribution in [1.29, 1.82) is 0 Å². The maximum atomic E-state index is 13.6. The molecular formula is C9H9F2NO4S. The Morgan fingerprint density at radius 2 is 1.82 bits per heavy atom. The van der Waals surface area contributed by atoms with Crippen molar-refractivity contribution < 1.29 is 27.1 Å². The third-order valence-corrected chi connectivity index (χ3v) is 3.86. The number of hydrogen-bond acceptors (Lipinski definition) is 3. The quantitative estimate of drug-likeness (QED) is 0.881. The second-order valence-corrected chi connectivity index (χ2v) is 5.45. The van der Waals surface area contributed by atoms with E-state index in [2.05, 4.69) is 0 Å². The molecular weight excluding hydrogens is 256 g/mol. The highest BCUT2D eigenvalue weighted by molar-refractivity contribution is 7.89. The first kappa shape index (κ1) is 13.5. The summed E-state index contributed by atoms with van der Waals surface area (Å²) in [6.07, 6.45) is 0. The molecule has 0 spiro atoms. The van der Waals surface area contributed by atoms with Crippen molar-refractivity contribution in [2.24, 2.45) is 0 Å². The van der Waals surface area contributed by atoms with Crippen LogP contribution in [0.5, 0.6) is 0 Å². The summed E-state index contributed by atoms with van der Waals surface area (Å²) in [6, 6.07) is 1.29. The molecule has 94 valence electrons. The van der Waals surface area contributed by atoms with Gasteiger partial charge in [-0.1, -0.05) is 0 Å². The summed E-state index contributed by atoms with van der Waals surface area (Å²) in [6.45, 7) is 0. The number of carboxylic acids is 1. The Bertz CT molecular complexity index is 569. The fraction of sp³-hybridized carbons (Fsp3) is 0.222. The molecule has 1 N–H and O–H groups in total. The van der Waals surface area contributed by atoms with Gasteiger partial charge in [0.2, 0.25) is 10.0 Å². The highest BCUT2D eigenvalue weighted by atomic mass is 32.2. The minimum absolute atomic E-state index is 0.600. The van der Waals surface area contributed by atoms with Crippen molar-refractivity contribution >= 4 is 16.0 Å². The summed E-state index contributed by atoms with van der Waals surface area (Å²) in [5, 5.41) is 8.59. The molecule has 0 saturated carbocycles. The van der Waals surface area contributed by atoms with Crippen molar-refractivity contribution in [3.63, 3.8) is 0 Å². The number of hydrogen-bond donors (Lipinski definition) is 1. The summed E-state index contributed by atoms with van der Waals surface area (Å²) in [5.74, 6) is -4.80. The van der Waals surface area contributed by atoms with E-state index in [1.54, 1.807) is 0 Å². The van der Waals surface area contributed by atoms with E-state index in [0.717, 1.165) is 14.1 Å². The molecule has 1 aromatic rings. The molecule has 0 atom stereocenters. The van der Waals surface area contributed by atoms with Gasteiger partial charge in [0.25, 0.3) is 0 Å². The molecule has 0 amide bonds. The molecule has 1 aromatic carbocycles. The van der Waals surface area contributed by atoms with Crippen LogP contribution in [0.25, 0.3) is 0 Å². The molecule has 0 bridgehead atoms. The Hall–Kier alpha value is -1.54. The van der Waals surface area contributed by atoms with Gasteiger partial charge in [-0.3, -0.25) is 0 Å². The number of halogens is 2. The molecule has 0 aromatic heterocycles. The molecule has 0 aliphatic heterocycles. The predicted molar refractivity (Wildman–Crippen MR) is 54.2 cm³/mol. The summed E-state index contributed by atoms with van der Waals surface area (Å²) in [7, 11) is -1.85. The van der Waals surface area contributed by atoms with Crippen molar-refractivity contribution in [2.75, 3.05) is 14.1 Å². The van der Waals surface area contributed by atoms with Gasteiger partial charge in [0.05, 0.1) is 0 Å². The Balaban J connectivity index is 3.61. The van der Waals surface area contributed by atoms with Gasteiger partial charge in [0, 0.05) is 14.1 Å². The lowest BCUT2D eigenvalue weighted by Crippen LogP contribution is -2.24. The smallest absolute Gasteiger partial charge is 0.341 e. The van der Waals surface area contributed by atoms with E-state index in [1.165, 1.54) is 0 Å². The first-order valence-electron chi connectivity index (χ1n) is 4.33. The molecule has 8 heteroatoms. The van der Waals surface area contributed by atoms with Gasteiger partial charge in [-0.25, -0.2) is 26.3 Å². The lowest BCUT2D eigenvalue weighted by Gasteiger charge is -2.13. The molecule has 0 aliphatic rings. The monoisotopic (exact) mass is 265 g/mol. The highest BCUT2D eigenvalue weighted by Gasteiger charge is 2.28. The van der Waals surface area contributed by atoms with Gasteiger partial charge in [-0.05, 0) is 12.1 Å². The number of carboxylic acid groups (broad SMARTS) is 1. The molecule has 0 aliphatic carbocycles. The van der Waals surface area contributed by atoms with E-state index >= 15 is 0 Å². The third-order valence-electron chi connectivity index (χ3n) is 2.03. The molecule has 5 nitrogen and oxygen atoms in total. The topological polar surface area (TPSA) is 74.7 Å². The van der Waals surface area contributed by atoms with Crippen molar-refractivity contribution in [3.05, 3.63) is 29.3 Å². The van der Waals surface area contributed by atoms with E-state index in [-0.39, 0.29) is 0 Å². The third kappa shape index (κ3) is 2.27. The zero-order chi connectivity index (χ0) is 13.4. The second-order valence-electron chi connectivity index (χ2n) is 3.33. The highest BCUT2D eigenvalue weighted by Crippen LogP contribution is 2.22. The van der Waals surface area contributed by atoms with Gasteiger partial charge < -0.3 is 5.11 Å². The van der Waals surface area contributed by atoms with Gasteiger partial charge >= 0.3 is 5.97 Å². The van der Waals surface area contributed by atoms with E-state index < -0.39 is 38.1 Å². The van der Waals surface area contributed by atoms with Crippen LogP contribution in [-0.2, 0) is 10.0 Å². The summed E-state index contributed by atoms with van der Waals surface area (Å²) in [5.41, 5.74) is -1.28. The molecule has 1 rings (SSSR count). The van der Waals surface area contributed by atoms with Gasteiger partial charge in [-0.2, -0.15) is 0 Å². The zero-order valence-corrected chi connectivity index (χ0v) is 9.75. The number of aromatic carboxylic acids is 1. The standard InChI is InChI=1S/C9H9F2NO4S/c1-12(2)17(15,16)6-4-3-5(10)7(8(6)11)9(13)14/h3-4H,1-2H3,(H,13,14). The number of rotatable bonds is 3. The van der Waals surface area contributed by atoms with Crippen LogP contribution in [-0.4, -0.2) is 37.9 Å². The van der Waals surface area contributed by atoms with Crippen LogP contribution >= 0.6 is 0 Å². The Morgan fingerprint density at radius 1 is 1.29 bits per heavy atom. The minimum Gasteiger partial charge on any atom is -0.477 e. The molecule has 0 radical (unpaired) electrons.